The van der Waals surface area contributed by atoms with E-state index in [2.05, 4.69) is 16.0 Å². The van der Waals surface area contributed by atoms with Crippen LogP contribution in [0.5, 0.6) is 11.5 Å². The largest absolute Gasteiger partial charge is 0.507 e. The van der Waals surface area contributed by atoms with Crippen LogP contribution in [0.1, 0.15) is 74.8 Å². The molecule has 1 aromatic carbocycles. The number of piperidine rings is 1. The first-order chi connectivity index (χ1) is 17.6. The Bertz CT molecular complexity index is 1070. The summed E-state index contributed by atoms with van der Waals surface area (Å²) in [5.74, 6) is 1.97. The number of rotatable bonds is 8. The summed E-state index contributed by atoms with van der Waals surface area (Å²) in [5, 5.41) is 20.4. The normalized spacial score (nSPS) is 20.1. The number of aromatic nitrogens is 1. The number of anilines is 1. The van der Waals surface area contributed by atoms with Crippen molar-refractivity contribution in [3.63, 3.8) is 0 Å². The number of phenols is 1. The second-order valence-corrected chi connectivity index (χ2v) is 10.6. The number of nitrogens with one attached hydrogen (secondary N) is 3. The summed E-state index contributed by atoms with van der Waals surface area (Å²) in [6, 6.07) is 7.44. The number of hydrogen-bond acceptors (Lipinski definition) is 6. The van der Waals surface area contributed by atoms with E-state index in [4.69, 9.17) is 15.5 Å². The van der Waals surface area contributed by atoms with Crippen molar-refractivity contribution < 1.29 is 14.6 Å². The Morgan fingerprint density at radius 1 is 1.14 bits per heavy atom. The number of nitrogen functional groups attached to an aromatic ring is 1. The second kappa shape index (κ2) is 12.7. The molecule has 2 amide bonds. The van der Waals surface area contributed by atoms with Crippen molar-refractivity contribution in [1.82, 2.24) is 20.9 Å². The average Bonchev–Trinajstić information content (AvgIpc) is 3.72. The fourth-order valence-corrected chi connectivity index (χ4v) is 5.46. The van der Waals surface area contributed by atoms with Crippen LogP contribution in [-0.4, -0.2) is 41.9 Å². The first kappa shape index (κ1) is 27.3. The van der Waals surface area contributed by atoms with Gasteiger partial charge in [-0.25, -0.2) is 9.78 Å². The number of carbonyl (C=O) groups is 1. The maximum atomic E-state index is 12.6. The highest BCUT2D eigenvalue weighted by Crippen LogP contribution is 2.41. The topological polar surface area (TPSA) is 122 Å². The molecule has 2 aliphatic carbocycles. The van der Waals surface area contributed by atoms with Gasteiger partial charge in [0.1, 0.15) is 17.3 Å². The van der Waals surface area contributed by atoms with Gasteiger partial charge in [-0.1, -0.05) is 25.3 Å². The third-order valence-electron chi connectivity index (χ3n) is 7.73. The van der Waals surface area contributed by atoms with Gasteiger partial charge in [0.2, 0.25) is 0 Å². The van der Waals surface area contributed by atoms with Crippen molar-refractivity contribution in [1.29, 1.82) is 0 Å². The zero-order valence-corrected chi connectivity index (χ0v) is 22.2. The number of aromatic hydroxyl groups is 1. The van der Waals surface area contributed by atoms with E-state index in [1.54, 1.807) is 12.1 Å². The van der Waals surface area contributed by atoms with Crippen molar-refractivity contribution in [3.8, 4) is 22.8 Å². The molecule has 0 spiro atoms. The van der Waals surface area contributed by atoms with Gasteiger partial charge in [0, 0.05) is 24.7 Å². The standard InChI is InChI=1S/C28H39N5O3.ClH/c29-27-22(16-31-28(35)32-20-7-2-1-3-8-20)21(19-6-5-13-30-15-19)14-23(33-27)26-24(34)9-4-10-25(26)36-17-18-11-12-18;/h4,9-10,14,18-20,30,34H,1-3,5-8,11-13,15-17H2,(H2,29,33)(H2,31,32,35);1H. The van der Waals surface area contributed by atoms with Gasteiger partial charge in [-0.05, 0) is 80.7 Å². The van der Waals surface area contributed by atoms with Crippen LogP contribution in [0.3, 0.4) is 0 Å². The van der Waals surface area contributed by atoms with Gasteiger partial charge >= 0.3 is 6.03 Å². The summed E-state index contributed by atoms with van der Waals surface area (Å²) in [6.07, 6.45) is 10.1. The first-order valence-electron chi connectivity index (χ1n) is 13.6. The molecule has 1 saturated heterocycles. The molecule has 1 aliphatic heterocycles. The van der Waals surface area contributed by atoms with Gasteiger partial charge in [0.05, 0.1) is 17.9 Å². The number of pyridine rings is 1. The second-order valence-electron chi connectivity index (χ2n) is 10.6. The summed E-state index contributed by atoms with van der Waals surface area (Å²) >= 11 is 0. The van der Waals surface area contributed by atoms with Gasteiger partial charge in [-0.2, -0.15) is 0 Å². The smallest absolute Gasteiger partial charge is 0.315 e. The molecular formula is C28H40ClN5O3. The Labute approximate surface area is 225 Å². The Kier molecular flexibility index (Phi) is 9.38. The van der Waals surface area contributed by atoms with E-state index in [1.165, 1.54) is 32.1 Å². The third-order valence-corrected chi connectivity index (χ3v) is 7.73. The lowest BCUT2D eigenvalue weighted by atomic mass is 9.87. The number of ether oxygens (including phenoxy) is 1. The lowest BCUT2D eigenvalue weighted by Crippen LogP contribution is -2.42. The number of nitrogens with two attached hydrogens (primary N) is 1. The van der Waals surface area contributed by atoms with Crippen LogP contribution < -0.4 is 26.4 Å². The zero-order valence-electron chi connectivity index (χ0n) is 21.4. The summed E-state index contributed by atoms with van der Waals surface area (Å²) < 4.78 is 6.08. The SMILES string of the molecule is Cl.Nc1nc(-c2c(O)cccc2OCC2CC2)cc(C2CCCNC2)c1CNC(=O)NC1CCCCC1. The molecule has 8 nitrogen and oxygen atoms in total. The van der Waals surface area contributed by atoms with E-state index >= 15 is 0 Å². The Morgan fingerprint density at radius 2 is 1.95 bits per heavy atom. The van der Waals surface area contributed by atoms with Crippen LogP contribution >= 0.6 is 12.4 Å². The average molecular weight is 530 g/mol. The maximum Gasteiger partial charge on any atom is 0.315 e. The van der Waals surface area contributed by atoms with Gasteiger partial charge in [0.15, 0.2) is 0 Å². The number of halogens is 1. The lowest BCUT2D eigenvalue weighted by molar-refractivity contribution is 0.232. The van der Waals surface area contributed by atoms with Crippen molar-refractivity contribution in [2.45, 2.75) is 76.3 Å². The molecule has 2 aromatic rings. The van der Waals surface area contributed by atoms with Crippen molar-refractivity contribution in [2.24, 2.45) is 5.92 Å². The third kappa shape index (κ3) is 6.99. The van der Waals surface area contributed by atoms with Gasteiger partial charge in [0.25, 0.3) is 0 Å². The van der Waals surface area contributed by atoms with Crippen molar-refractivity contribution in [3.05, 3.63) is 35.4 Å². The molecular weight excluding hydrogens is 490 g/mol. The van der Waals surface area contributed by atoms with E-state index in [1.807, 2.05) is 12.1 Å². The number of urea groups is 1. The quantitative estimate of drug-likeness (QED) is 0.333. The Balaban J connectivity index is 0.00000320. The van der Waals surface area contributed by atoms with E-state index in [0.29, 0.717) is 41.9 Å². The number of nitrogens with zero attached hydrogens (tertiary/aromatic N) is 1. The van der Waals surface area contributed by atoms with Crippen LogP contribution in [0.15, 0.2) is 24.3 Å². The highest BCUT2D eigenvalue weighted by Gasteiger charge is 2.26. The molecule has 5 rings (SSSR count). The minimum atomic E-state index is -0.158. The molecule has 0 bridgehead atoms. The van der Waals surface area contributed by atoms with Crippen molar-refractivity contribution in [2.75, 3.05) is 25.4 Å². The van der Waals surface area contributed by atoms with Crippen LogP contribution in [0.25, 0.3) is 11.3 Å². The molecule has 1 unspecified atom stereocenters. The molecule has 2 saturated carbocycles. The molecule has 0 radical (unpaired) electrons. The summed E-state index contributed by atoms with van der Waals surface area (Å²) in [7, 11) is 0. The molecule has 37 heavy (non-hydrogen) atoms. The molecule has 202 valence electrons. The number of phenolic OH excluding ortho intramolecular Hbond substituents is 1. The maximum absolute atomic E-state index is 12.6. The van der Waals surface area contributed by atoms with Crippen LogP contribution in [0.4, 0.5) is 10.6 Å². The number of amides is 2. The first-order valence-corrected chi connectivity index (χ1v) is 13.6. The molecule has 6 N–H and O–H groups in total. The summed E-state index contributed by atoms with van der Waals surface area (Å²) in [6.45, 7) is 2.80. The zero-order chi connectivity index (χ0) is 24.9. The van der Waals surface area contributed by atoms with Gasteiger partial charge in [-0.3, -0.25) is 0 Å². The van der Waals surface area contributed by atoms with Gasteiger partial charge in [-0.15, -0.1) is 12.4 Å². The number of hydrogen-bond donors (Lipinski definition) is 5. The molecule has 9 heteroatoms. The fourth-order valence-electron chi connectivity index (χ4n) is 5.46. The molecule has 2 heterocycles. The monoisotopic (exact) mass is 529 g/mol. The minimum Gasteiger partial charge on any atom is -0.507 e. The number of benzene rings is 1. The van der Waals surface area contributed by atoms with E-state index < -0.39 is 0 Å². The molecule has 3 aliphatic rings. The van der Waals surface area contributed by atoms with Crippen LogP contribution in [0.2, 0.25) is 0 Å². The predicted molar refractivity (Wildman–Crippen MR) is 148 cm³/mol. The Morgan fingerprint density at radius 3 is 2.68 bits per heavy atom. The van der Waals surface area contributed by atoms with Crippen LogP contribution in [0, 0.1) is 5.92 Å². The molecule has 1 aromatic heterocycles. The van der Waals surface area contributed by atoms with Crippen molar-refractivity contribution >= 4 is 24.3 Å². The highest BCUT2D eigenvalue weighted by molar-refractivity contribution is 5.85. The Hall–Kier alpha value is -2.71. The van der Waals surface area contributed by atoms with Gasteiger partial charge < -0.3 is 31.5 Å². The fraction of sp³-hybridized carbons (Fsp3) is 0.571. The lowest BCUT2D eigenvalue weighted by Gasteiger charge is -2.27. The predicted octanol–water partition coefficient (Wildman–Crippen LogP) is 4.85. The minimum absolute atomic E-state index is 0. The van der Waals surface area contributed by atoms with E-state index in [0.717, 1.165) is 49.9 Å². The highest BCUT2D eigenvalue weighted by atomic mass is 35.5. The van der Waals surface area contributed by atoms with Crippen LogP contribution in [-0.2, 0) is 6.54 Å². The van der Waals surface area contributed by atoms with E-state index in [-0.39, 0.29) is 36.1 Å². The summed E-state index contributed by atoms with van der Waals surface area (Å²) in [4.78, 5) is 17.4. The summed E-state index contributed by atoms with van der Waals surface area (Å²) in [5.41, 5.74) is 9.64. The number of carbonyl (C=O) groups excluding carboxylic acids is 1. The van der Waals surface area contributed by atoms with E-state index in [9.17, 15) is 9.90 Å². The molecule has 3 fully saturated rings. The molecule has 1 atom stereocenters.